The molecule has 1 heteroatoms. The van der Waals surface area contributed by atoms with Crippen LogP contribution in [0, 0.1) is 0 Å². The lowest BCUT2D eigenvalue weighted by molar-refractivity contribution is 0.303. The first kappa shape index (κ1) is 19.6. The second-order valence-electron chi connectivity index (χ2n) is 2.72. The van der Waals surface area contributed by atoms with Crippen LogP contribution in [0.25, 0.3) is 0 Å². The Balaban J connectivity index is -0.000000318. The lowest BCUT2D eigenvalue weighted by Gasteiger charge is -2.01. The van der Waals surface area contributed by atoms with E-state index in [1.54, 1.807) is 7.11 Å². The lowest BCUT2D eigenvalue weighted by atomic mass is 10.2. The van der Waals surface area contributed by atoms with Gasteiger partial charge in [0.15, 0.2) is 0 Å². The maximum absolute atomic E-state index is 4.95. The van der Waals surface area contributed by atoms with Gasteiger partial charge in [0.2, 0.25) is 0 Å². The van der Waals surface area contributed by atoms with E-state index in [2.05, 4.69) is 20.4 Å². The van der Waals surface area contributed by atoms with Crippen molar-refractivity contribution in [2.75, 3.05) is 7.11 Å². The Kier molecular flexibility index (Phi) is 20.2. The SMILES string of the molecule is C=C(OC)/C(C)=C\C=C(C)C.CC.CC. The highest BCUT2D eigenvalue weighted by Gasteiger charge is 1.91. The predicted octanol–water partition coefficient (Wildman–Crippen LogP) is 5.11. The summed E-state index contributed by atoms with van der Waals surface area (Å²) in [5.74, 6) is 0.725. The number of ether oxygens (including phenoxy) is 1. The average molecular weight is 212 g/mol. The standard InChI is InChI=1S/C10H16O.2C2H6/c1-8(2)6-7-9(3)10(4)11-5;2*1-2/h6-7H,4H2,1-3,5H3;2*1-2H3/b9-7-;;. The molecule has 0 atom stereocenters. The number of hydrogen-bond donors (Lipinski definition) is 0. The predicted molar refractivity (Wildman–Crippen MR) is 72.0 cm³/mol. The van der Waals surface area contributed by atoms with Gasteiger partial charge in [-0.25, -0.2) is 0 Å². The monoisotopic (exact) mass is 212 g/mol. The van der Waals surface area contributed by atoms with Gasteiger partial charge in [0.25, 0.3) is 0 Å². The van der Waals surface area contributed by atoms with Crippen LogP contribution in [0.2, 0.25) is 0 Å². The Labute approximate surface area is 96.5 Å². The minimum absolute atomic E-state index is 0.725. The van der Waals surface area contributed by atoms with Gasteiger partial charge in [0.05, 0.1) is 7.11 Å². The van der Waals surface area contributed by atoms with Crippen molar-refractivity contribution in [2.45, 2.75) is 48.5 Å². The highest BCUT2D eigenvalue weighted by molar-refractivity contribution is 5.26. The van der Waals surface area contributed by atoms with E-state index in [9.17, 15) is 0 Å². The molecule has 1 nitrogen and oxygen atoms in total. The van der Waals surface area contributed by atoms with Gasteiger partial charge in [-0.1, -0.05) is 52.0 Å². The lowest BCUT2D eigenvalue weighted by Crippen LogP contribution is -1.84. The first-order valence-corrected chi connectivity index (χ1v) is 5.63. The summed E-state index contributed by atoms with van der Waals surface area (Å²) in [6.45, 7) is 17.8. The summed E-state index contributed by atoms with van der Waals surface area (Å²) in [5.41, 5.74) is 2.34. The molecule has 0 fully saturated rings. The molecule has 15 heavy (non-hydrogen) atoms. The first-order chi connectivity index (χ1) is 7.07. The Morgan fingerprint density at radius 3 is 1.60 bits per heavy atom. The largest absolute Gasteiger partial charge is 0.497 e. The van der Waals surface area contributed by atoms with Gasteiger partial charge in [-0.15, -0.1) is 0 Å². The molecule has 0 saturated heterocycles. The van der Waals surface area contributed by atoms with Crippen molar-refractivity contribution in [3.8, 4) is 0 Å². The average Bonchev–Trinajstić information content (AvgIpc) is 2.30. The van der Waals surface area contributed by atoms with Gasteiger partial charge in [0.1, 0.15) is 5.76 Å². The summed E-state index contributed by atoms with van der Waals surface area (Å²) in [6.07, 6.45) is 4.04. The van der Waals surface area contributed by atoms with Crippen molar-refractivity contribution in [3.05, 3.63) is 35.6 Å². The molecule has 0 radical (unpaired) electrons. The van der Waals surface area contributed by atoms with E-state index in [0.717, 1.165) is 11.3 Å². The molecular formula is C14H28O. The van der Waals surface area contributed by atoms with Crippen LogP contribution in [0.5, 0.6) is 0 Å². The van der Waals surface area contributed by atoms with E-state index in [1.807, 2.05) is 46.8 Å². The van der Waals surface area contributed by atoms with E-state index in [4.69, 9.17) is 4.74 Å². The molecule has 0 bridgehead atoms. The Morgan fingerprint density at radius 1 is 0.933 bits per heavy atom. The van der Waals surface area contributed by atoms with Crippen molar-refractivity contribution in [3.63, 3.8) is 0 Å². The Bertz CT molecular complexity index is 193. The van der Waals surface area contributed by atoms with Crippen molar-refractivity contribution >= 4 is 0 Å². The number of rotatable bonds is 3. The molecule has 0 aliphatic rings. The fourth-order valence-corrected chi connectivity index (χ4v) is 0.546. The molecule has 0 amide bonds. The van der Waals surface area contributed by atoms with E-state index in [0.29, 0.717) is 0 Å². The van der Waals surface area contributed by atoms with E-state index >= 15 is 0 Å². The molecule has 90 valence electrons. The number of methoxy groups -OCH3 is 1. The molecule has 0 aromatic carbocycles. The fourth-order valence-electron chi connectivity index (χ4n) is 0.546. The van der Waals surface area contributed by atoms with Gasteiger partial charge >= 0.3 is 0 Å². The molecule has 0 heterocycles. The van der Waals surface area contributed by atoms with Crippen molar-refractivity contribution < 1.29 is 4.74 Å². The van der Waals surface area contributed by atoms with E-state index in [-0.39, 0.29) is 0 Å². The molecular weight excluding hydrogens is 184 g/mol. The molecule has 0 unspecified atom stereocenters. The molecule has 0 aliphatic carbocycles. The second kappa shape index (κ2) is 15.5. The quantitative estimate of drug-likeness (QED) is 0.466. The smallest absolute Gasteiger partial charge is 0.114 e. The molecule has 0 aromatic heterocycles. The third kappa shape index (κ3) is 15.7. The Hall–Kier alpha value is -0.980. The normalized spacial score (nSPS) is 8.67. The zero-order valence-corrected chi connectivity index (χ0v) is 11.8. The number of allylic oxidation sites excluding steroid dienone is 4. The second-order valence-corrected chi connectivity index (χ2v) is 2.72. The fraction of sp³-hybridized carbons (Fsp3) is 0.571. The summed E-state index contributed by atoms with van der Waals surface area (Å²) in [6, 6.07) is 0. The molecule has 0 spiro atoms. The molecule has 0 aliphatic heterocycles. The topological polar surface area (TPSA) is 9.23 Å². The molecule has 0 rings (SSSR count). The van der Waals surface area contributed by atoms with Crippen LogP contribution in [0.3, 0.4) is 0 Å². The van der Waals surface area contributed by atoms with Crippen LogP contribution in [-0.2, 0) is 4.74 Å². The van der Waals surface area contributed by atoms with Crippen LogP contribution in [0.1, 0.15) is 48.5 Å². The zero-order chi connectivity index (χ0) is 12.9. The van der Waals surface area contributed by atoms with Crippen molar-refractivity contribution in [1.82, 2.24) is 0 Å². The van der Waals surface area contributed by atoms with Crippen LogP contribution < -0.4 is 0 Å². The number of hydrogen-bond acceptors (Lipinski definition) is 1. The van der Waals surface area contributed by atoms with Gasteiger partial charge in [0, 0.05) is 0 Å². The van der Waals surface area contributed by atoms with Crippen LogP contribution in [-0.4, -0.2) is 7.11 Å². The Morgan fingerprint density at radius 2 is 1.33 bits per heavy atom. The highest BCUT2D eigenvalue weighted by atomic mass is 16.5. The van der Waals surface area contributed by atoms with Gasteiger partial charge in [-0.2, -0.15) is 0 Å². The van der Waals surface area contributed by atoms with Crippen LogP contribution >= 0.6 is 0 Å². The molecule has 0 N–H and O–H groups in total. The minimum Gasteiger partial charge on any atom is -0.497 e. The van der Waals surface area contributed by atoms with Gasteiger partial charge < -0.3 is 4.74 Å². The van der Waals surface area contributed by atoms with Gasteiger partial charge in [-0.3, -0.25) is 0 Å². The minimum atomic E-state index is 0.725. The summed E-state index contributed by atoms with van der Waals surface area (Å²) in [4.78, 5) is 0. The molecule has 0 saturated carbocycles. The third-order valence-corrected chi connectivity index (χ3v) is 1.35. The van der Waals surface area contributed by atoms with Crippen LogP contribution in [0.15, 0.2) is 35.6 Å². The van der Waals surface area contributed by atoms with Gasteiger partial charge in [-0.05, 0) is 26.3 Å². The third-order valence-electron chi connectivity index (χ3n) is 1.35. The summed E-state index contributed by atoms with van der Waals surface area (Å²) < 4.78 is 4.95. The van der Waals surface area contributed by atoms with E-state index in [1.165, 1.54) is 5.57 Å². The first-order valence-electron chi connectivity index (χ1n) is 5.63. The highest BCUT2D eigenvalue weighted by Crippen LogP contribution is 2.07. The summed E-state index contributed by atoms with van der Waals surface area (Å²) >= 11 is 0. The van der Waals surface area contributed by atoms with Crippen LogP contribution in [0.4, 0.5) is 0 Å². The maximum Gasteiger partial charge on any atom is 0.114 e. The van der Waals surface area contributed by atoms with Crippen molar-refractivity contribution in [1.29, 1.82) is 0 Å². The van der Waals surface area contributed by atoms with E-state index < -0.39 is 0 Å². The molecule has 0 aromatic rings. The maximum atomic E-state index is 4.95. The van der Waals surface area contributed by atoms with Crippen molar-refractivity contribution in [2.24, 2.45) is 0 Å². The summed E-state index contributed by atoms with van der Waals surface area (Å²) in [7, 11) is 1.63. The summed E-state index contributed by atoms with van der Waals surface area (Å²) in [5, 5.41) is 0. The zero-order valence-electron chi connectivity index (χ0n) is 11.8.